The predicted molar refractivity (Wildman–Crippen MR) is 120 cm³/mol. The number of imidazole rings is 1. The maximum absolute atomic E-state index is 13.1. The number of hydrogen-bond acceptors (Lipinski definition) is 4. The average molecular weight is 435 g/mol. The van der Waals surface area contributed by atoms with Crippen molar-refractivity contribution in [2.45, 2.75) is 38.1 Å². The molecular formula is C25H27FN4O2. The van der Waals surface area contributed by atoms with Gasteiger partial charge in [-0.15, -0.1) is 0 Å². The van der Waals surface area contributed by atoms with Crippen LogP contribution in [0.15, 0.2) is 48.5 Å². The van der Waals surface area contributed by atoms with Crippen molar-refractivity contribution in [3.63, 3.8) is 0 Å². The van der Waals surface area contributed by atoms with Crippen LogP contribution in [-0.4, -0.2) is 28.5 Å². The van der Waals surface area contributed by atoms with Gasteiger partial charge in [-0.3, -0.25) is 4.79 Å². The van der Waals surface area contributed by atoms with E-state index >= 15 is 0 Å². The summed E-state index contributed by atoms with van der Waals surface area (Å²) in [5.74, 6) is 2.36. The van der Waals surface area contributed by atoms with Crippen molar-refractivity contribution >= 4 is 5.91 Å². The molecule has 2 aromatic carbocycles. The number of nitrogens with zero attached hydrogens (tertiary/aromatic N) is 2. The van der Waals surface area contributed by atoms with Crippen LogP contribution < -0.4 is 15.8 Å². The zero-order valence-corrected chi connectivity index (χ0v) is 17.9. The molecule has 1 saturated heterocycles. The molecule has 6 nitrogen and oxygen atoms in total. The lowest BCUT2D eigenvalue weighted by molar-refractivity contribution is 0.0990. The largest absolute Gasteiger partial charge is 0.457 e. The minimum Gasteiger partial charge on any atom is -0.457 e. The van der Waals surface area contributed by atoms with E-state index in [2.05, 4.69) is 9.88 Å². The second-order valence-electron chi connectivity index (χ2n) is 8.60. The summed E-state index contributed by atoms with van der Waals surface area (Å²) in [5, 5.41) is 3.43. The fourth-order valence-electron chi connectivity index (χ4n) is 5.04. The first kappa shape index (κ1) is 20.7. The van der Waals surface area contributed by atoms with E-state index in [0.29, 0.717) is 34.7 Å². The number of nitrogens with two attached hydrogens (primary N) is 1. The van der Waals surface area contributed by atoms with E-state index in [1.807, 2.05) is 24.3 Å². The molecule has 2 aliphatic rings. The highest BCUT2D eigenvalue weighted by Gasteiger charge is 2.34. The van der Waals surface area contributed by atoms with E-state index in [9.17, 15) is 9.18 Å². The summed E-state index contributed by atoms with van der Waals surface area (Å²) in [5.41, 5.74) is 7.79. The average Bonchev–Trinajstić information content (AvgIpc) is 3.22. The number of hydrogen-bond donors (Lipinski definition) is 2. The van der Waals surface area contributed by atoms with Gasteiger partial charge in [0.05, 0.1) is 0 Å². The Morgan fingerprint density at radius 3 is 2.34 bits per heavy atom. The van der Waals surface area contributed by atoms with Crippen LogP contribution in [0.5, 0.6) is 11.5 Å². The highest BCUT2D eigenvalue weighted by atomic mass is 19.1. The Kier molecular flexibility index (Phi) is 5.66. The molecule has 32 heavy (non-hydrogen) atoms. The number of amides is 1. The fourth-order valence-corrected chi connectivity index (χ4v) is 5.04. The van der Waals surface area contributed by atoms with E-state index < -0.39 is 5.91 Å². The highest BCUT2D eigenvalue weighted by Crippen LogP contribution is 2.40. The Labute approximate surface area is 186 Å². The number of primary amides is 1. The summed E-state index contributed by atoms with van der Waals surface area (Å²) < 4.78 is 20.9. The van der Waals surface area contributed by atoms with Gasteiger partial charge in [0.25, 0.3) is 5.91 Å². The molecule has 0 aliphatic carbocycles. The van der Waals surface area contributed by atoms with Gasteiger partial charge >= 0.3 is 0 Å². The zero-order chi connectivity index (χ0) is 22.1. The summed E-state index contributed by atoms with van der Waals surface area (Å²) in [6.07, 6.45) is 4.40. The molecule has 2 aliphatic heterocycles. The van der Waals surface area contributed by atoms with Crippen molar-refractivity contribution in [3.05, 3.63) is 65.9 Å². The molecule has 0 bridgehead atoms. The molecule has 5 rings (SSSR count). The normalized spacial score (nSPS) is 18.8. The molecular weight excluding hydrogens is 407 g/mol. The molecule has 3 heterocycles. The molecule has 0 spiro atoms. The minimum atomic E-state index is -0.448. The zero-order valence-electron chi connectivity index (χ0n) is 17.9. The fraction of sp³-hybridized carbons (Fsp3) is 0.360. The molecule has 7 heteroatoms. The number of aromatic nitrogens is 2. The lowest BCUT2D eigenvalue weighted by atomic mass is 9.80. The number of ether oxygens (including phenoxy) is 1. The van der Waals surface area contributed by atoms with Crippen molar-refractivity contribution in [1.29, 1.82) is 0 Å². The van der Waals surface area contributed by atoms with Crippen LogP contribution in [0, 0.1) is 11.7 Å². The predicted octanol–water partition coefficient (Wildman–Crippen LogP) is 4.46. The van der Waals surface area contributed by atoms with Crippen LogP contribution >= 0.6 is 0 Å². The Morgan fingerprint density at radius 2 is 1.69 bits per heavy atom. The van der Waals surface area contributed by atoms with Crippen molar-refractivity contribution in [1.82, 2.24) is 14.9 Å². The molecule has 1 fully saturated rings. The first-order chi connectivity index (χ1) is 15.6. The van der Waals surface area contributed by atoms with Crippen LogP contribution in [0.4, 0.5) is 4.39 Å². The van der Waals surface area contributed by atoms with Crippen LogP contribution in [0.25, 0.3) is 11.3 Å². The molecule has 166 valence electrons. The number of halogens is 1. The SMILES string of the molecule is NC(=O)c1c(-c2ccc(Oc3ccc(F)cc3)cc2)nc2n1CCCC2C1CCNCC1. The van der Waals surface area contributed by atoms with Crippen LogP contribution in [0.2, 0.25) is 0 Å². The summed E-state index contributed by atoms with van der Waals surface area (Å²) in [6.45, 7) is 2.84. The first-order valence-electron chi connectivity index (χ1n) is 11.2. The van der Waals surface area contributed by atoms with Crippen LogP contribution in [0.3, 0.4) is 0 Å². The number of rotatable bonds is 5. The van der Waals surface area contributed by atoms with Crippen molar-refractivity contribution in [2.75, 3.05) is 13.1 Å². The van der Waals surface area contributed by atoms with E-state index in [1.54, 1.807) is 12.1 Å². The number of carbonyl (C=O) groups is 1. The quantitative estimate of drug-likeness (QED) is 0.621. The van der Waals surface area contributed by atoms with Gasteiger partial charge in [0.15, 0.2) is 0 Å². The second kappa shape index (κ2) is 8.74. The first-order valence-corrected chi connectivity index (χ1v) is 11.2. The second-order valence-corrected chi connectivity index (χ2v) is 8.60. The third-order valence-corrected chi connectivity index (χ3v) is 6.59. The summed E-state index contributed by atoms with van der Waals surface area (Å²) in [6, 6.07) is 13.3. The Bertz CT molecular complexity index is 1100. The van der Waals surface area contributed by atoms with Gasteiger partial charge in [0.2, 0.25) is 0 Å². The lowest BCUT2D eigenvalue weighted by Crippen LogP contribution is -2.33. The maximum Gasteiger partial charge on any atom is 0.267 e. The molecule has 3 N–H and O–H groups in total. The summed E-state index contributed by atoms with van der Waals surface area (Å²) in [7, 11) is 0. The molecule has 0 radical (unpaired) electrons. The Balaban J connectivity index is 1.46. The summed E-state index contributed by atoms with van der Waals surface area (Å²) in [4.78, 5) is 17.4. The maximum atomic E-state index is 13.1. The smallest absolute Gasteiger partial charge is 0.267 e. The van der Waals surface area contributed by atoms with Crippen molar-refractivity contribution < 1.29 is 13.9 Å². The van der Waals surface area contributed by atoms with Gasteiger partial charge < -0.3 is 20.4 Å². The molecule has 1 atom stereocenters. The van der Waals surface area contributed by atoms with Crippen LogP contribution in [-0.2, 0) is 6.54 Å². The van der Waals surface area contributed by atoms with E-state index in [1.165, 1.54) is 12.1 Å². The van der Waals surface area contributed by atoms with Gasteiger partial charge in [-0.05, 0) is 93.2 Å². The minimum absolute atomic E-state index is 0.307. The third kappa shape index (κ3) is 4.00. The van der Waals surface area contributed by atoms with Crippen molar-refractivity contribution in [2.24, 2.45) is 11.7 Å². The van der Waals surface area contributed by atoms with Gasteiger partial charge in [-0.1, -0.05) is 0 Å². The molecule has 3 aromatic rings. The Hall–Kier alpha value is -3.19. The van der Waals surface area contributed by atoms with Gasteiger partial charge in [-0.25, -0.2) is 9.37 Å². The monoisotopic (exact) mass is 434 g/mol. The molecule has 1 aromatic heterocycles. The number of benzene rings is 2. The standard InChI is InChI=1S/C25H27FN4O2/c26-18-5-9-20(10-6-18)32-19-7-3-17(4-8-19)22-23(24(27)31)30-15-1-2-21(25(30)29-22)16-11-13-28-14-12-16/h3-10,16,21,28H,1-2,11-15H2,(H2,27,31). The summed E-state index contributed by atoms with van der Waals surface area (Å²) >= 11 is 0. The topological polar surface area (TPSA) is 82.2 Å². The van der Waals surface area contributed by atoms with E-state index in [-0.39, 0.29) is 5.82 Å². The molecule has 1 unspecified atom stereocenters. The lowest BCUT2D eigenvalue weighted by Gasteiger charge is -2.33. The van der Waals surface area contributed by atoms with Crippen molar-refractivity contribution in [3.8, 4) is 22.8 Å². The Morgan fingerprint density at radius 1 is 1.03 bits per heavy atom. The van der Waals surface area contributed by atoms with Gasteiger partial charge in [-0.2, -0.15) is 0 Å². The number of carbonyl (C=O) groups excluding carboxylic acids is 1. The van der Waals surface area contributed by atoms with Gasteiger partial charge in [0.1, 0.15) is 34.5 Å². The van der Waals surface area contributed by atoms with E-state index in [4.69, 9.17) is 15.5 Å². The van der Waals surface area contributed by atoms with E-state index in [0.717, 1.165) is 56.7 Å². The van der Waals surface area contributed by atoms with Crippen LogP contribution in [0.1, 0.15) is 47.9 Å². The third-order valence-electron chi connectivity index (χ3n) is 6.59. The molecule has 1 amide bonds. The molecule has 0 saturated carbocycles. The highest BCUT2D eigenvalue weighted by molar-refractivity contribution is 5.97. The number of nitrogens with one attached hydrogen (secondary N) is 1. The van der Waals surface area contributed by atoms with Gasteiger partial charge in [0, 0.05) is 18.0 Å². The number of fused-ring (bicyclic) bond motifs is 1. The number of piperidine rings is 1.